The average Bonchev–Trinajstić information content (AvgIpc) is 2.76. The van der Waals surface area contributed by atoms with Gasteiger partial charge in [-0.05, 0) is 46.3 Å². The third-order valence-corrected chi connectivity index (χ3v) is 2.51. The Bertz CT molecular complexity index is 595. The van der Waals surface area contributed by atoms with Crippen molar-refractivity contribution in [3.63, 3.8) is 0 Å². The van der Waals surface area contributed by atoms with Crippen molar-refractivity contribution in [2.24, 2.45) is 0 Å². The summed E-state index contributed by atoms with van der Waals surface area (Å²) in [7, 11) is 0. The van der Waals surface area contributed by atoms with Crippen molar-refractivity contribution in [1.82, 2.24) is 0 Å². The van der Waals surface area contributed by atoms with Gasteiger partial charge >= 0.3 is 0 Å². The molecule has 2 aromatic rings. The fourth-order valence-electron chi connectivity index (χ4n) is 1.32. The van der Waals surface area contributed by atoms with Gasteiger partial charge in [-0.15, -0.1) is 6.42 Å². The molecule has 4 heteroatoms. The summed E-state index contributed by atoms with van der Waals surface area (Å²) in [6.07, 6.45) is 5.28. The van der Waals surface area contributed by atoms with Gasteiger partial charge in [-0.1, -0.05) is 12.0 Å². The monoisotopic (exact) mass is 289 g/mol. The Kier molecular flexibility index (Phi) is 3.31. The number of terminal acetylenes is 1. The molecule has 0 aliphatic heterocycles. The van der Waals surface area contributed by atoms with Crippen LogP contribution in [-0.4, -0.2) is 5.91 Å². The molecule has 0 aliphatic carbocycles. The lowest BCUT2D eigenvalue weighted by molar-refractivity contribution is 0.0995. The molecule has 0 saturated heterocycles. The van der Waals surface area contributed by atoms with E-state index in [1.54, 1.807) is 36.4 Å². The molecule has 2 rings (SSSR count). The number of rotatable bonds is 2. The van der Waals surface area contributed by atoms with E-state index in [0.717, 1.165) is 0 Å². The SMILES string of the molecule is C#Cc1cccc(NC(=O)c2ccc(Br)o2)c1. The van der Waals surface area contributed by atoms with Crippen LogP contribution in [0.1, 0.15) is 16.1 Å². The Labute approximate surface area is 107 Å². The van der Waals surface area contributed by atoms with Gasteiger partial charge in [0.05, 0.1) is 0 Å². The van der Waals surface area contributed by atoms with Gasteiger partial charge in [0.2, 0.25) is 0 Å². The minimum Gasteiger partial charge on any atom is -0.444 e. The van der Waals surface area contributed by atoms with E-state index >= 15 is 0 Å². The smallest absolute Gasteiger partial charge is 0.291 e. The number of nitrogens with one attached hydrogen (secondary N) is 1. The highest BCUT2D eigenvalue weighted by atomic mass is 79.9. The van der Waals surface area contributed by atoms with Crippen LogP contribution < -0.4 is 5.32 Å². The Morgan fingerprint density at radius 2 is 2.18 bits per heavy atom. The molecule has 1 amide bonds. The highest BCUT2D eigenvalue weighted by Gasteiger charge is 2.10. The molecular formula is C13H8BrNO2. The summed E-state index contributed by atoms with van der Waals surface area (Å²) in [5.41, 5.74) is 1.35. The molecule has 0 bridgehead atoms. The highest BCUT2D eigenvalue weighted by molar-refractivity contribution is 9.10. The van der Waals surface area contributed by atoms with E-state index in [0.29, 0.717) is 15.9 Å². The molecule has 0 saturated carbocycles. The second kappa shape index (κ2) is 4.89. The van der Waals surface area contributed by atoms with Crippen LogP contribution in [0.4, 0.5) is 5.69 Å². The van der Waals surface area contributed by atoms with Crippen LogP contribution in [0.15, 0.2) is 45.5 Å². The van der Waals surface area contributed by atoms with Crippen molar-refractivity contribution < 1.29 is 9.21 Å². The normalized spacial score (nSPS) is 9.65. The van der Waals surface area contributed by atoms with Gasteiger partial charge in [-0.25, -0.2) is 0 Å². The van der Waals surface area contributed by atoms with Crippen molar-refractivity contribution in [3.05, 3.63) is 52.4 Å². The van der Waals surface area contributed by atoms with Crippen LogP contribution in [-0.2, 0) is 0 Å². The predicted octanol–water partition coefficient (Wildman–Crippen LogP) is 3.28. The minimum atomic E-state index is -0.315. The number of anilines is 1. The summed E-state index contributed by atoms with van der Waals surface area (Å²) < 4.78 is 5.65. The van der Waals surface area contributed by atoms with E-state index in [1.165, 1.54) is 0 Å². The van der Waals surface area contributed by atoms with Crippen LogP contribution in [0.5, 0.6) is 0 Å². The molecular weight excluding hydrogens is 282 g/mol. The third-order valence-electron chi connectivity index (χ3n) is 2.08. The second-order valence-corrected chi connectivity index (χ2v) is 4.06. The number of amides is 1. The van der Waals surface area contributed by atoms with E-state index in [4.69, 9.17) is 10.8 Å². The maximum absolute atomic E-state index is 11.7. The van der Waals surface area contributed by atoms with Gasteiger partial charge in [0.1, 0.15) is 0 Å². The number of furan rings is 1. The number of carbonyl (C=O) groups excluding carboxylic acids is 1. The molecule has 1 N–H and O–H groups in total. The van der Waals surface area contributed by atoms with Gasteiger partial charge in [0, 0.05) is 11.3 Å². The summed E-state index contributed by atoms with van der Waals surface area (Å²) >= 11 is 3.14. The first-order chi connectivity index (χ1) is 8.19. The number of carbonyl (C=O) groups is 1. The molecule has 0 aliphatic rings. The average molecular weight is 290 g/mol. The molecule has 84 valence electrons. The summed E-state index contributed by atoms with van der Waals surface area (Å²) in [6, 6.07) is 10.3. The van der Waals surface area contributed by atoms with Crippen LogP contribution in [0.25, 0.3) is 0 Å². The van der Waals surface area contributed by atoms with Gasteiger partial charge < -0.3 is 9.73 Å². The van der Waals surface area contributed by atoms with Crippen LogP contribution in [0.2, 0.25) is 0 Å². The van der Waals surface area contributed by atoms with Crippen LogP contribution in [0, 0.1) is 12.3 Å². The molecule has 17 heavy (non-hydrogen) atoms. The third kappa shape index (κ3) is 2.77. The Morgan fingerprint density at radius 3 is 2.82 bits per heavy atom. The molecule has 0 fully saturated rings. The van der Waals surface area contributed by atoms with Gasteiger partial charge in [0.15, 0.2) is 10.4 Å². The first-order valence-electron chi connectivity index (χ1n) is 4.82. The fourth-order valence-corrected chi connectivity index (χ4v) is 1.62. The van der Waals surface area contributed by atoms with Crippen molar-refractivity contribution in [2.45, 2.75) is 0 Å². The summed E-state index contributed by atoms with van der Waals surface area (Å²) in [5, 5.41) is 2.70. The lowest BCUT2D eigenvalue weighted by Crippen LogP contribution is -2.10. The zero-order chi connectivity index (χ0) is 12.3. The number of halogens is 1. The van der Waals surface area contributed by atoms with E-state index in [9.17, 15) is 4.79 Å². The zero-order valence-corrected chi connectivity index (χ0v) is 10.3. The fraction of sp³-hybridized carbons (Fsp3) is 0. The van der Waals surface area contributed by atoms with Crippen LogP contribution in [0.3, 0.4) is 0 Å². The topological polar surface area (TPSA) is 42.2 Å². The molecule has 3 nitrogen and oxygen atoms in total. The maximum Gasteiger partial charge on any atom is 0.291 e. The quantitative estimate of drug-likeness (QED) is 0.862. The van der Waals surface area contributed by atoms with Crippen molar-refractivity contribution in [2.75, 3.05) is 5.32 Å². The lowest BCUT2D eigenvalue weighted by Gasteiger charge is -2.03. The molecule has 0 unspecified atom stereocenters. The van der Waals surface area contributed by atoms with Gasteiger partial charge in [-0.2, -0.15) is 0 Å². The standard InChI is InChI=1S/C13H8BrNO2/c1-2-9-4-3-5-10(8-9)15-13(16)11-6-7-12(14)17-11/h1,3-8H,(H,15,16). The van der Waals surface area contributed by atoms with Gasteiger partial charge in [-0.3, -0.25) is 4.79 Å². The number of hydrogen-bond acceptors (Lipinski definition) is 2. The summed E-state index contributed by atoms with van der Waals surface area (Å²) in [6.45, 7) is 0. The summed E-state index contributed by atoms with van der Waals surface area (Å²) in [4.78, 5) is 11.7. The van der Waals surface area contributed by atoms with Crippen LogP contribution >= 0.6 is 15.9 Å². The zero-order valence-electron chi connectivity index (χ0n) is 8.74. The molecule has 0 spiro atoms. The van der Waals surface area contributed by atoms with Gasteiger partial charge in [0.25, 0.3) is 5.91 Å². The van der Waals surface area contributed by atoms with Crippen molar-refractivity contribution in [3.8, 4) is 12.3 Å². The largest absolute Gasteiger partial charge is 0.444 e. The van der Waals surface area contributed by atoms with E-state index < -0.39 is 0 Å². The molecule has 1 aromatic heterocycles. The highest BCUT2D eigenvalue weighted by Crippen LogP contribution is 2.16. The maximum atomic E-state index is 11.7. The molecule has 1 heterocycles. The number of hydrogen-bond donors (Lipinski definition) is 1. The number of benzene rings is 1. The van der Waals surface area contributed by atoms with E-state index in [-0.39, 0.29) is 11.7 Å². The predicted molar refractivity (Wildman–Crippen MR) is 68.7 cm³/mol. The molecule has 0 atom stereocenters. The first kappa shape index (κ1) is 11.5. The first-order valence-corrected chi connectivity index (χ1v) is 5.62. The van der Waals surface area contributed by atoms with E-state index in [1.807, 2.05) is 0 Å². The summed E-state index contributed by atoms with van der Waals surface area (Å²) in [5.74, 6) is 2.43. The van der Waals surface area contributed by atoms with Crippen molar-refractivity contribution >= 4 is 27.5 Å². The Balaban J connectivity index is 2.16. The molecule has 1 aromatic carbocycles. The Morgan fingerprint density at radius 1 is 1.35 bits per heavy atom. The van der Waals surface area contributed by atoms with Crippen molar-refractivity contribution in [1.29, 1.82) is 0 Å². The minimum absolute atomic E-state index is 0.239. The lowest BCUT2D eigenvalue weighted by atomic mass is 10.2. The Hall–Kier alpha value is -1.99. The molecule has 0 radical (unpaired) electrons. The van der Waals surface area contributed by atoms with E-state index in [2.05, 4.69) is 27.2 Å². The second-order valence-electron chi connectivity index (χ2n) is 3.28.